The van der Waals surface area contributed by atoms with E-state index in [1.54, 1.807) is 7.11 Å². The molecular weight excluding hydrogens is 316 g/mol. The van der Waals surface area contributed by atoms with Crippen molar-refractivity contribution in [2.24, 2.45) is 11.7 Å². The highest BCUT2D eigenvalue weighted by molar-refractivity contribution is 5.79. The molecule has 6 heteroatoms. The monoisotopic (exact) mass is 346 g/mol. The van der Waals surface area contributed by atoms with Gasteiger partial charge in [-0.3, -0.25) is 14.7 Å². The van der Waals surface area contributed by atoms with Gasteiger partial charge in [-0.15, -0.1) is 0 Å². The average Bonchev–Trinajstić information content (AvgIpc) is 2.64. The molecule has 1 aliphatic carbocycles. The minimum Gasteiger partial charge on any atom is -0.380 e. The molecule has 1 aromatic heterocycles. The highest BCUT2D eigenvalue weighted by atomic mass is 16.5. The minimum absolute atomic E-state index is 0.00621. The van der Waals surface area contributed by atoms with Crippen molar-refractivity contribution in [1.29, 1.82) is 0 Å². The van der Waals surface area contributed by atoms with E-state index in [1.165, 1.54) is 5.56 Å². The summed E-state index contributed by atoms with van der Waals surface area (Å²) in [4.78, 5) is 19.1. The summed E-state index contributed by atoms with van der Waals surface area (Å²) in [6.07, 6.45) is 8.18. The van der Waals surface area contributed by atoms with Crippen LogP contribution in [0.3, 0.4) is 0 Å². The van der Waals surface area contributed by atoms with Crippen molar-refractivity contribution in [3.05, 3.63) is 30.1 Å². The Morgan fingerprint density at radius 2 is 2.00 bits per heavy atom. The molecular formula is C19H30N4O2. The van der Waals surface area contributed by atoms with Gasteiger partial charge < -0.3 is 15.8 Å². The Morgan fingerprint density at radius 3 is 2.68 bits per heavy atom. The number of nitrogens with two attached hydrogens (primary N) is 1. The summed E-state index contributed by atoms with van der Waals surface area (Å²) in [6, 6.07) is 4.48. The first kappa shape index (κ1) is 18.3. The number of nitrogens with zero attached hydrogens (tertiary/aromatic N) is 2. The summed E-state index contributed by atoms with van der Waals surface area (Å²) < 4.78 is 5.43. The molecule has 2 aliphatic rings. The summed E-state index contributed by atoms with van der Waals surface area (Å²) >= 11 is 0. The Labute approximate surface area is 150 Å². The average molecular weight is 346 g/mol. The fourth-order valence-electron chi connectivity index (χ4n) is 3.96. The molecule has 0 radical (unpaired) electrons. The Balaban J connectivity index is 1.42. The lowest BCUT2D eigenvalue weighted by Gasteiger charge is -2.35. The van der Waals surface area contributed by atoms with E-state index in [0.717, 1.165) is 51.7 Å². The number of methoxy groups -OCH3 is 1. The van der Waals surface area contributed by atoms with Crippen LogP contribution in [-0.4, -0.2) is 54.2 Å². The highest BCUT2D eigenvalue weighted by Crippen LogP contribution is 2.26. The van der Waals surface area contributed by atoms with Crippen LogP contribution in [0.25, 0.3) is 0 Å². The van der Waals surface area contributed by atoms with Crippen LogP contribution in [0.5, 0.6) is 0 Å². The van der Waals surface area contributed by atoms with Crippen molar-refractivity contribution >= 4 is 5.91 Å². The van der Waals surface area contributed by atoms with Crippen LogP contribution < -0.4 is 11.1 Å². The molecule has 0 bridgehead atoms. The largest absolute Gasteiger partial charge is 0.380 e. The summed E-state index contributed by atoms with van der Waals surface area (Å²) in [5.41, 5.74) is 7.34. The number of amides is 1. The first-order valence-electron chi connectivity index (χ1n) is 9.35. The molecule has 1 aromatic rings. The van der Waals surface area contributed by atoms with Crippen molar-refractivity contribution in [1.82, 2.24) is 15.2 Å². The van der Waals surface area contributed by atoms with E-state index in [1.807, 2.05) is 12.4 Å². The first-order chi connectivity index (χ1) is 12.2. The predicted octanol–water partition coefficient (Wildman–Crippen LogP) is 1.30. The summed E-state index contributed by atoms with van der Waals surface area (Å²) in [6.45, 7) is 2.99. The third kappa shape index (κ3) is 5.00. The lowest BCUT2D eigenvalue weighted by molar-refractivity contribution is -0.128. The molecule has 0 aromatic carbocycles. The Morgan fingerprint density at radius 1 is 1.28 bits per heavy atom. The molecule has 25 heavy (non-hydrogen) atoms. The van der Waals surface area contributed by atoms with Crippen molar-refractivity contribution in [2.45, 2.75) is 56.8 Å². The topological polar surface area (TPSA) is 80.5 Å². The molecule has 1 saturated carbocycles. The fraction of sp³-hybridized carbons (Fsp3) is 0.684. The van der Waals surface area contributed by atoms with Crippen LogP contribution in [-0.2, 0) is 16.1 Å². The van der Waals surface area contributed by atoms with E-state index in [2.05, 4.69) is 27.3 Å². The number of rotatable bonds is 5. The molecule has 1 saturated heterocycles. The number of pyridine rings is 1. The molecule has 1 amide bonds. The molecule has 2 fully saturated rings. The number of carbonyl (C=O) groups is 1. The number of likely N-dealkylation sites (tertiary alicyclic amines) is 1. The molecule has 2 heterocycles. The molecule has 138 valence electrons. The van der Waals surface area contributed by atoms with Gasteiger partial charge in [-0.25, -0.2) is 0 Å². The van der Waals surface area contributed by atoms with Crippen LogP contribution in [0, 0.1) is 5.92 Å². The Hall–Kier alpha value is -1.50. The normalized spacial score (nSPS) is 28.6. The van der Waals surface area contributed by atoms with E-state index >= 15 is 0 Å². The van der Waals surface area contributed by atoms with E-state index in [0.29, 0.717) is 0 Å². The SMILES string of the molecule is CO[C@H]1C[C@@H](C(=O)NC2CCN(Cc3ccncc3)CC2)CC[C@@H]1N. The smallest absolute Gasteiger partial charge is 0.223 e. The number of aromatic nitrogens is 1. The fourth-order valence-corrected chi connectivity index (χ4v) is 3.96. The van der Waals surface area contributed by atoms with E-state index in [-0.39, 0.29) is 30.0 Å². The van der Waals surface area contributed by atoms with Gasteiger partial charge in [-0.2, -0.15) is 0 Å². The lowest BCUT2D eigenvalue weighted by Crippen LogP contribution is -2.49. The van der Waals surface area contributed by atoms with Gasteiger partial charge in [0.15, 0.2) is 0 Å². The van der Waals surface area contributed by atoms with Gasteiger partial charge in [0.05, 0.1) is 6.10 Å². The van der Waals surface area contributed by atoms with Crippen molar-refractivity contribution in [2.75, 3.05) is 20.2 Å². The third-order valence-corrected chi connectivity index (χ3v) is 5.61. The molecule has 6 nitrogen and oxygen atoms in total. The highest BCUT2D eigenvalue weighted by Gasteiger charge is 2.33. The van der Waals surface area contributed by atoms with Crippen LogP contribution in [0.2, 0.25) is 0 Å². The van der Waals surface area contributed by atoms with E-state index in [9.17, 15) is 4.79 Å². The van der Waals surface area contributed by atoms with Gasteiger partial charge in [-0.05, 0) is 49.8 Å². The second-order valence-corrected chi connectivity index (χ2v) is 7.36. The summed E-state index contributed by atoms with van der Waals surface area (Å²) in [7, 11) is 1.68. The number of hydrogen-bond acceptors (Lipinski definition) is 5. The maximum atomic E-state index is 12.6. The number of carbonyl (C=O) groups excluding carboxylic acids is 1. The number of ether oxygens (including phenoxy) is 1. The molecule has 3 rings (SSSR count). The Bertz CT molecular complexity index is 546. The Kier molecular flexibility index (Phi) is 6.39. The molecule has 0 unspecified atom stereocenters. The summed E-state index contributed by atoms with van der Waals surface area (Å²) in [5, 5.41) is 3.26. The van der Waals surface area contributed by atoms with Gasteiger partial charge in [0, 0.05) is 57.1 Å². The zero-order chi connectivity index (χ0) is 17.6. The van der Waals surface area contributed by atoms with Crippen molar-refractivity contribution < 1.29 is 9.53 Å². The second-order valence-electron chi connectivity index (χ2n) is 7.36. The van der Waals surface area contributed by atoms with E-state index < -0.39 is 0 Å². The summed E-state index contributed by atoms with van der Waals surface area (Å²) in [5.74, 6) is 0.223. The number of nitrogens with one attached hydrogen (secondary N) is 1. The first-order valence-corrected chi connectivity index (χ1v) is 9.35. The zero-order valence-corrected chi connectivity index (χ0v) is 15.1. The number of hydrogen-bond donors (Lipinski definition) is 2. The maximum absolute atomic E-state index is 12.6. The van der Waals surface area contributed by atoms with Crippen LogP contribution >= 0.6 is 0 Å². The van der Waals surface area contributed by atoms with Crippen LogP contribution in [0.1, 0.15) is 37.7 Å². The van der Waals surface area contributed by atoms with Gasteiger partial charge >= 0.3 is 0 Å². The maximum Gasteiger partial charge on any atom is 0.223 e. The lowest BCUT2D eigenvalue weighted by atomic mass is 9.83. The molecule has 3 atom stereocenters. The van der Waals surface area contributed by atoms with Gasteiger partial charge in [-0.1, -0.05) is 0 Å². The zero-order valence-electron chi connectivity index (χ0n) is 15.1. The predicted molar refractivity (Wildman–Crippen MR) is 96.8 cm³/mol. The third-order valence-electron chi connectivity index (χ3n) is 5.61. The standard InChI is InChI=1S/C19H30N4O2/c1-25-18-12-15(2-3-17(18)20)19(24)22-16-6-10-23(11-7-16)13-14-4-8-21-9-5-14/h4-5,8-9,15-18H,2-3,6-7,10-13,20H2,1H3,(H,22,24)/t15-,17-,18-/m0/s1. The van der Waals surface area contributed by atoms with Crippen molar-refractivity contribution in [3.63, 3.8) is 0 Å². The molecule has 3 N–H and O–H groups in total. The quantitative estimate of drug-likeness (QED) is 0.840. The minimum atomic E-state index is 0.00621. The van der Waals surface area contributed by atoms with Gasteiger partial charge in [0.1, 0.15) is 0 Å². The molecule has 0 spiro atoms. The number of piperidine rings is 1. The van der Waals surface area contributed by atoms with Gasteiger partial charge in [0.25, 0.3) is 0 Å². The second kappa shape index (κ2) is 8.74. The van der Waals surface area contributed by atoms with Gasteiger partial charge in [0.2, 0.25) is 5.91 Å². The van der Waals surface area contributed by atoms with Crippen LogP contribution in [0.4, 0.5) is 0 Å². The molecule has 1 aliphatic heterocycles. The van der Waals surface area contributed by atoms with Crippen molar-refractivity contribution in [3.8, 4) is 0 Å². The van der Waals surface area contributed by atoms with E-state index in [4.69, 9.17) is 10.5 Å². The van der Waals surface area contributed by atoms with Crippen LogP contribution in [0.15, 0.2) is 24.5 Å².